The number of hydrogen-bond acceptors (Lipinski definition) is 6. The zero-order valence-electron chi connectivity index (χ0n) is 17.7. The molecule has 3 aliphatic rings. The molecule has 5 atom stereocenters. The summed E-state index contributed by atoms with van der Waals surface area (Å²) in [5, 5.41) is 0. The molecule has 0 bridgehead atoms. The highest BCUT2D eigenvalue weighted by atomic mass is 16.8. The first kappa shape index (κ1) is 21.5. The molecule has 6 nitrogen and oxygen atoms in total. The highest BCUT2D eigenvalue weighted by molar-refractivity contribution is 4.98. The Bertz CT molecular complexity index is 466. The van der Waals surface area contributed by atoms with E-state index in [1.165, 1.54) is 38.5 Å². The number of hydrogen-bond donors (Lipinski definition) is 0. The molecule has 0 unspecified atom stereocenters. The number of unbranched alkanes of at least 4 members (excludes halogenated alkanes) is 6. The van der Waals surface area contributed by atoms with Gasteiger partial charge in [-0.25, -0.2) is 0 Å². The Morgan fingerprint density at radius 1 is 0.815 bits per heavy atom. The van der Waals surface area contributed by atoms with E-state index in [2.05, 4.69) is 6.92 Å². The number of fused-ring (bicyclic) bond motifs is 1. The quantitative estimate of drug-likeness (QED) is 0.526. The maximum absolute atomic E-state index is 6.27. The van der Waals surface area contributed by atoms with Crippen molar-refractivity contribution in [2.75, 3.05) is 13.2 Å². The lowest BCUT2D eigenvalue weighted by Crippen LogP contribution is -2.44. The van der Waals surface area contributed by atoms with Crippen LogP contribution < -0.4 is 0 Å². The van der Waals surface area contributed by atoms with Gasteiger partial charge in [-0.15, -0.1) is 0 Å². The largest absolute Gasteiger partial charge is 0.372 e. The van der Waals surface area contributed by atoms with E-state index in [0.717, 1.165) is 6.42 Å². The Labute approximate surface area is 164 Å². The normalized spacial score (nSPS) is 37.0. The fraction of sp³-hybridized carbons (Fsp3) is 1.00. The average Bonchev–Trinajstić information content (AvgIpc) is 3.19. The smallest absolute Gasteiger partial charge is 0.190 e. The van der Waals surface area contributed by atoms with Crippen LogP contribution in [0.4, 0.5) is 0 Å². The molecule has 3 heterocycles. The van der Waals surface area contributed by atoms with Gasteiger partial charge in [0.2, 0.25) is 0 Å². The van der Waals surface area contributed by atoms with Gasteiger partial charge in [0.05, 0.1) is 6.61 Å². The lowest BCUT2D eigenvalue weighted by atomic mass is 10.1. The second-order valence-electron chi connectivity index (χ2n) is 8.89. The van der Waals surface area contributed by atoms with Crippen LogP contribution in [-0.4, -0.2) is 55.5 Å². The van der Waals surface area contributed by atoms with Crippen LogP contribution in [0.15, 0.2) is 0 Å². The van der Waals surface area contributed by atoms with Gasteiger partial charge in [0.1, 0.15) is 24.4 Å². The predicted molar refractivity (Wildman–Crippen MR) is 101 cm³/mol. The van der Waals surface area contributed by atoms with Crippen LogP contribution >= 0.6 is 0 Å². The molecular weight excluding hydrogens is 348 g/mol. The standard InChI is InChI=1S/C21H38O6/c1-6-7-8-9-10-11-12-13-22-17-16(15-14-23-20(2,3)25-15)24-19-18(17)26-21(4,5)27-19/h15-19H,6-14H2,1-5H3/t15-,16-,17+,18+,19-/m0/s1. The van der Waals surface area contributed by atoms with Crippen LogP contribution in [0.2, 0.25) is 0 Å². The molecule has 158 valence electrons. The van der Waals surface area contributed by atoms with E-state index in [4.69, 9.17) is 28.4 Å². The maximum atomic E-state index is 6.27. The van der Waals surface area contributed by atoms with Gasteiger partial charge in [-0.3, -0.25) is 0 Å². The monoisotopic (exact) mass is 386 g/mol. The Balaban J connectivity index is 1.49. The molecule has 3 fully saturated rings. The summed E-state index contributed by atoms with van der Waals surface area (Å²) in [6, 6.07) is 0. The van der Waals surface area contributed by atoms with Crippen LogP contribution in [0.3, 0.4) is 0 Å². The Hall–Kier alpha value is -0.240. The van der Waals surface area contributed by atoms with Crippen molar-refractivity contribution < 1.29 is 28.4 Å². The third-order valence-electron chi connectivity index (χ3n) is 5.48. The molecule has 0 aromatic rings. The molecule has 27 heavy (non-hydrogen) atoms. The van der Waals surface area contributed by atoms with Gasteiger partial charge in [0.25, 0.3) is 0 Å². The predicted octanol–water partition coefficient (Wildman–Crippen LogP) is 4.15. The minimum absolute atomic E-state index is 0.167. The molecule has 0 spiro atoms. The lowest BCUT2D eigenvalue weighted by molar-refractivity contribution is -0.236. The summed E-state index contributed by atoms with van der Waals surface area (Å²) >= 11 is 0. The molecule has 6 heteroatoms. The molecule has 0 aliphatic carbocycles. The highest BCUT2D eigenvalue weighted by Crippen LogP contribution is 2.41. The van der Waals surface area contributed by atoms with Crippen molar-refractivity contribution in [3.63, 3.8) is 0 Å². The van der Waals surface area contributed by atoms with Crippen LogP contribution in [0.5, 0.6) is 0 Å². The summed E-state index contributed by atoms with van der Waals surface area (Å²) in [6.45, 7) is 11.1. The van der Waals surface area contributed by atoms with Gasteiger partial charge in [-0.2, -0.15) is 0 Å². The van der Waals surface area contributed by atoms with E-state index in [-0.39, 0.29) is 24.4 Å². The van der Waals surface area contributed by atoms with Gasteiger partial charge in [0.15, 0.2) is 17.9 Å². The van der Waals surface area contributed by atoms with Gasteiger partial charge < -0.3 is 28.4 Å². The second-order valence-corrected chi connectivity index (χ2v) is 8.89. The van der Waals surface area contributed by atoms with E-state index in [0.29, 0.717) is 13.2 Å². The van der Waals surface area contributed by atoms with Crippen LogP contribution in [-0.2, 0) is 28.4 Å². The van der Waals surface area contributed by atoms with Crippen molar-refractivity contribution >= 4 is 0 Å². The van der Waals surface area contributed by atoms with E-state index < -0.39 is 17.9 Å². The number of ether oxygens (including phenoxy) is 6. The van der Waals surface area contributed by atoms with Gasteiger partial charge in [0, 0.05) is 6.61 Å². The van der Waals surface area contributed by atoms with Gasteiger partial charge in [-0.05, 0) is 34.1 Å². The highest BCUT2D eigenvalue weighted by Gasteiger charge is 2.58. The Morgan fingerprint density at radius 3 is 2.19 bits per heavy atom. The lowest BCUT2D eigenvalue weighted by Gasteiger charge is -2.29. The molecule has 0 saturated carbocycles. The van der Waals surface area contributed by atoms with Crippen molar-refractivity contribution in [2.24, 2.45) is 0 Å². The maximum Gasteiger partial charge on any atom is 0.190 e. The van der Waals surface area contributed by atoms with Crippen molar-refractivity contribution in [3.8, 4) is 0 Å². The third-order valence-corrected chi connectivity index (χ3v) is 5.48. The summed E-state index contributed by atoms with van der Waals surface area (Å²) in [4.78, 5) is 0. The van der Waals surface area contributed by atoms with E-state index in [1.54, 1.807) is 0 Å². The fourth-order valence-corrected chi connectivity index (χ4v) is 4.15. The van der Waals surface area contributed by atoms with E-state index in [1.807, 2.05) is 27.7 Å². The summed E-state index contributed by atoms with van der Waals surface area (Å²) in [5.74, 6) is -1.23. The summed E-state index contributed by atoms with van der Waals surface area (Å²) in [7, 11) is 0. The van der Waals surface area contributed by atoms with Crippen molar-refractivity contribution in [3.05, 3.63) is 0 Å². The molecule has 3 rings (SSSR count). The fourth-order valence-electron chi connectivity index (χ4n) is 4.15. The zero-order valence-corrected chi connectivity index (χ0v) is 17.7. The molecule has 0 radical (unpaired) electrons. The first-order valence-corrected chi connectivity index (χ1v) is 10.8. The molecule has 0 N–H and O–H groups in total. The third kappa shape index (κ3) is 5.64. The first-order chi connectivity index (χ1) is 12.8. The second kappa shape index (κ2) is 9.06. The van der Waals surface area contributed by atoms with Crippen molar-refractivity contribution in [1.29, 1.82) is 0 Å². The number of rotatable bonds is 10. The van der Waals surface area contributed by atoms with Crippen LogP contribution in [0.1, 0.15) is 79.6 Å². The molecule has 3 aliphatic heterocycles. The summed E-state index contributed by atoms with van der Waals surface area (Å²) < 4.78 is 36.2. The molecule has 0 aromatic heterocycles. The van der Waals surface area contributed by atoms with Gasteiger partial charge >= 0.3 is 0 Å². The van der Waals surface area contributed by atoms with Crippen LogP contribution in [0, 0.1) is 0 Å². The van der Waals surface area contributed by atoms with E-state index in [9.17, 15) is 0 Å². The van der Waals surface area contributed by atoms with Crippen molar-refractivity contribution in [1.82, 2.24) is 0 Å². The molecule has 0 amide bonds. The molecule has 0 aromatic carbocycles. The Kier molecular flexibility index (Phi) is 7.20. The molecular formula is C21H38O6. The minimum atomic E-state index is -0.645. The zero-order chi connectivity index (χ0) is 19.5. The Morgan fingerprint density at radius 2 is 1.52 bits per heavy atom. The average molecular weight is 387 g/mol. The molecule has 3 saturated heterocycles. The SMILES string of the molecule is CCCCCCCCCO[C@@H]1[C@H]([C@@H]2COC(C)(C)O2)O[C@H]2OC(C)(C)O[C@@H]21. The summed E-state index contributed by atoms with van der Waals surface area (Å²) in [5.41, 5.74) is 0. The van der Waals surface area contributed by atoms with Crippen LogP contribution in [0.25, 0.3) is 0 Å². The topological polar surface area (TPSA) is 55.4 Å². The van der Waals surface area contributed by atoms with E-state index >= 15 is 0 Å². The first-order valence-electron chi connectivity index (χ1n) is 10.8. The minimum Gasteiger partial charge on any atom is -0.372 e. The van der Waals surface area contributed by atoms with Crippen molar-refractivity contribution in [2.45, 2.75) is 122 Å². The van der Waals surface area contributed by atoms with Gasteiger partial charge in [-0.1, -0.05) is 45.4 Å². The summed E-state index contributed by atoms with van der Waals surface area (Å²) in [6.07, 6.45) is 7.61.